The Bertz CT molecular complexity index is 906. The van der Waals surface area contributed by atoms with Crippen LogP contribution in [0.4, 0.5) is 0 Å². The highest BCUT2D eigenvalue weighted by molar-refractivity contribution is 8.00. The average molecular weight is 367 g/mol. The Hall–Kier alpha value is -2.47. The van der Waals surface area contributed by atoms with Crippen molar-refractivity contribution in [3.63, 3.8) is 0 Å². The van der Waals surface area contributed by atoms with Gasteiger partial charge in [-0.05, 0) is 37.5 Å². The fourth-order valence-electron chi connectivity index (χ4n) is 2.79. The number of fused-ring (bicyclic) bond motifs is 1. The zero-order chi connectivity index (χ0) is 17.9. The number of imidazole rings is 1. The molecule has 3 aromatic rings. The topological polar surface area (TPSA) is 67.0 Å². The minimum atomic E-state index is -0.330. The minimum absolute atomic E-state index is 0.0409. The molecule has 0 unspecified atom stereocenters. The van der Waals surface area contributed by atoms with Crippen LogP contribution in [0.2, 0.25) is 0 Å². The third-order valence-electron chi connectivity index (χ3n) is 4.24. The molecule has 0 aliphatic heterocycles. The molecule has 2 aromatic carbocycles. The summed E-state index contributed by atoms with van der Waals surface area (Å²) < 4.78 is 5.54. The Kier molecular flexibility index (Phi) is 4.84. The number of carbonyl (C=O) groups is 1. The number of rotatable bonds is 7. The van der Waals surface area contributed by atoms with Crippen molar-refractivity contribution in [2.24, 2.45) is 0 Å². The molecule has 1 amide bonds. The first-order valence-electron chi connectivity index (χ1n) is 8.87. The Labute approximate surface area is 156 Å². The van der Waals surface area contributed by atoms with E-state index in [1.807, 2.05) is 55.5 Å². The van der Waals surface area contributed by atoms with E-state index in [9.17, 15) is 4.79 Å². The van der Waals surface area contributed by atoms with Gasteiger partial charge in [-0.3, -0.25) is 4.79 Å². The van der Waals surface area contributed by atoms with Gasteiger partial charge in [0.05, 0.1) is 17.6 Å². The number of thioether (sulfide) groups is 1. The van der Waals surface area contributed by atoms with Crippen molar-refractivity contribution in [2.75, 3.05) is 6.61 Å². The van der Waals surface area contributed by atoms with Crippen LogP contribution >= 0.6 is 11.8 Å². The molecule has 6 heteroatoms. The summed E-state index contributed by atoms with van der Waals surface area (Å²) in [4.78, 5) is 20.7. The van der Waals surface area contributed by atoms with Gasteiger partial charge in [0.2, 0.25) is 5.91 Å². The molecule has 1 aliphatic rings. The summed E-state index contributed by atoms with van der Waals surface area (Å²) in [5.41, 5.74) is 2.75. The normalized spacial score (nSPS) is 15.0. The summed E-state index contributed by atoms with van der Waals surface area (Å²) in [7, 11) is 0. The monoisotopic (exact) mass is 367 g/mol. The lowest BCUT2D eigenvalue weighted by atomic mass is 10.1. The minimum Gasteiger partial charge on any atom is -0.494 e. The van der Waals surface area contributed by atoms with Crippen LogP contribution in [0.15, 0.2) is 53.7 Å². The summed E-state index contributed by atoms with van der Waals surface area (Å²) in [6, 6.07) is 16.0. The molecular formula is C20H21N3O2S. The second-order valence-corrected chi connectivity index (χ2v) is 7.44. The van der Waals surface area contributed by atoms with E-state index < -0.39 is 0 Å². The van der Waals surface area contributed by atoms with Crippen LogP contribution < -0.4 is 10.1 Å². The fraction of sp³-hybridized carbons (Fsp3) is 0.300. The Morgan fingerprint density at radius 3 is 2.85 bits per heavy atom. The van der Waals surface area contributed by atoms with Crippen molar-refractivity contribution in [1.29, 1.82) is 0 Å². The number of aromatic amines is 1. The maximum Gasteiger partial charge on any atom is 0.238 e. The van der Waals surface area contributed by atoms with E-state index in [2.05, 4.69) is 15.3 Å². The van der Waals surface area contributed by atoms with Crippen LogP contribution in [0.5, 0.6) is 5.75 Å². The van der Waals surface area contributed by atoms with Crippen LogP contribution in [-0.2, 0) is 4.79 Å². The predicted molar refractivity (Wildman–Crippen MR) is 103 cm³/mol. The maximum atomic E-state index is 12.8. The molecular weight excluding hydrogens is 346 g/mol. The number of hydrogen-bond acceptors (Lipinski definition) is 4. The zero-order valence-electron chi connectivity index (χ0n) is 14.6. The molecule has 2 N–H and O–H groups in total. The Morgan fingerprint density at radius 1 is 1.31 bits per heavy atom. The molecule has 0 radical (unpaired) electrons. The number of nitrogens with zero attached hydrogens (tertiary/aromatic N) is 1. The second-order valence-electron chi connectivity index (χ2n) is 6.35. The number of amides is 1. The van der Waals surface area contributed by atoms with Gasteiger partial charge in [-0.1, -0.05) is 42.1 Å². The average Bonchev–Trinajstić information content (AvgIpc) is 3.37. The molecule has 0 bridgehead atoms. The van der Waals surface area contributed by atoms with Gasteiger partial charge in [0.15, 0.2) is 5.16 Å². The summed E-state index contributed by atoms with van der Waals surface area (Å²) in [6.45, 7) is 2.58. The van der Waals surface area contributed by atoms with Crippen molar-refractivity contribution < 1.29 is 9.53 Å². The maximum absolute atomic E-state index is 12.8. The van der Waals surface area contributed by atoms with Crippen molar-refractivity contribution in [3.05, 3.63) is 54.1 Å². The molecule has 1 aliphatic carbocycles. The number of benzene rings is 2. The highest BCUT2D eigenvalue weighted by Crippen LogP contribution is 2.36. The predicted octanol–water partition coefficient (Wildman–Crippen LogP) is 4.07. The SMILES string of the molecule is CCOc1ccc2nc(S[C@H](C(=O)NC3CC3)c3ccccc3)[nH]c2c1. The van der Waals surface area contributed by atoms with E-state index in [-0.39, 0.29) is 11.2 Å². The first kappa shape index (κ1) is 17.0. The van der Waals surface area contributed by atoms with Gasteiger partial charge in [0, 0.05) is 12.1 Å². The Morgan fingerprint density at radius 2 is 2.12 bits per heavy atom. The van der Waals surface area contributed by atoms with Gasteiger partial charge in [-0.2, -0.15) is 0 Å². The molecule has 26 heavy (non-hydrogen) atoms. The highest BCUT2D eigenvalue weighted by atomic mass is 32.2. The van der Waals surface area contributed by atoms with E-state index in [0.717, 1.165) is 40.3 Å². The number of H-pyrrole nitrogens is 1. The van der Waals surface area contributed by atoms with Crippen molar-refractivity contribution in [1.82, 2.24) is 15.3 Å². The molecule has 1 fully saturated rings. The van der Waals surface area contributed by atoms with Gasteiger partial charge < -0.3 is 15.0 Å². The van der Waals surface area contributed by atoms with Gasteiger partial charge in [-0.15, -0.1) is 0 Å². The van der Waals surface area contributed by atoms with E-state index in [1.165, 1.54) is 11.8 Å². The standard InChI is InChI=1S/C20H21N3O2S/c1-2-25-15-10-11-16-17(12-15)23-20(22-16)26-18(13-6-4-3-5-7-13)19(24)21-14-8-9-14/h3-7,10-12,14,18H,2,8-9H2,1H3,(H,21,24)(H,22,23)/t18-/m0/s1. The molecule has 1 atom stereocenters. The Balaban J connectivity index is 1.60. The first-order valence-corrected chi connectivity index (χ1v) is 9.75. The van der Waals surface area contributed by atoms with Crippen LogP contribution in [0.25, 0.3) is 11.0 Å². The summed E-state index contributed by atoms with van der Waals surface area (Å²) in [5.74, 6) is 0.852. The number of nitrogens with one attached hydrogen (secondary N) is 2. The second kappa shape index (κ2) is 7.41. The van der Waals surface area contributed by atoms with Crippen LogP contribution in [0, 0.1) is 0 Å². The van der Waals surface area contributed by atoms with Crippen LogP contribution in [0.3, 0.4) is 0 Å². The largest absolute Gasteiger partial charge is 0.494 e. The van der Waals surface area contributed by atoms with Crippen molar-refractivity contribution >= 4 is 28.7 Å². The summed E-state index contributed by atoms with van der Waals surface area (Å²) in [6.07, 6.45) is 2.14. The lowest BCUT2D eigenvalue weighted by Gasteiger charge is -2.15. The fourth-order valence-corrected chi connectivity index (χ4v) is 3.81. The lowest BCUT2D eigenvalue weighted by molar-refractivity contribution is -0.120. The summed E-state index contributed by atoms with van der Waals surface area (Å²) >= 11 is 1.45. The lowest BCUT2D eigenvalue weighted by Crippen LogP contribution is -2.29. The number of carbonyl (C=O) groups excluding carboxylic acids is 1. The molecule has 1 aromatic heterocycles. The molecule has 1 heterocycles. The highest BCUT2D eigenvalue weighted by Gasteiger charge is 2.29. The molecule has 5 nitrogen and oxygen atoms in total. The number of ether oxygens (including phenoxy) is 1. The van der Waals surface area contributed by atoms with Gasteiger partial charge >= 0.3 is 0 Å². The van der Waals surface area contributed by atoms with Gasteiger partial charge in [0.25, 0.3) is 0 Å². The molecule has 134 valence electrons. The van der Waals surface area contributed by atoms with E-state index in [1.54, 1.807) is 0 Å². The molecule has 0 spiro atoms. The van der Waals surface area contributed by atoms with E-state index in [0.29, 0.717) is 12.6 Å². The molecule has 4 rings (SSSR count). The zero-order valence-corrected chi connectivity index (χ0v) is 15.4. The van der Waals surface area contributed by atoms with Crippen LogP contribution in [0.1, 0.15) is 30.6 Å². The summed E-state index contributed by atoms with van der Waals surface area (Å²) in [5, 5.41) is 3.51. The van der Waals surface area contributed by atoms with Crippen molar-refractivity contribution in [3.8, 4) is 5.75 Å². The van der Waals surface area contributed by atoms with Gasteiger partial charge in [0.1, 0.15) is 11.0 Å². The van der Waals surface area contributed by atoms with Crippen LogP contribution in [-0.4, -0.2) is 28.5 Å². The third kappa shape index (κ3) is 3.85. The molecule has 0 saturated heterocycles. The smallest absolute Gasteiger partial charge is 0.238 e. The number of aromatic nitrogens is 2. The molecule has 1 saturated carbocycles. The van der Waals surface area contributed by atoms with E-state index >= 15 is 0 Å². The number of hydrogen-bond donors (Lipinski definition) is 2. The van der Waals surface area contributed by atoms with Crippen molar-refractivity contribution in [2.45, 2.75) is 36.2 Å². The first-order chi connectivity index (χ1) is 12.7. The van der Waals surface area contributed by atoms with Gasteiger partial charge in [-0.25, -0.2) is 4.98 Å². The van der Waals surface area contributed by atoms with E-state index in [4.69, 9.17) is 4.74 Å². The third-order valence-corrected chi connectivity index (χ3v) is 5.37. The quantitative estimate of drug-likeness (QED) is 0.618.